The second-order valence-electron chi connectivity index (χ2n) is 6.88. The summed E-state index contributed by atoms with van der Waals surface area (Å²) in [6, 6.07) is 0. The molecule has 130 valence electrons. The van der Waals surface area contributed by atoms with Crippen molar-refractivity contribution in [1.29, 1.82) is 0 Å². The Morgan fingerprint density at radius 1 is 1.14 bits per heavy atom. The Balaban J connectivity index is 1.70. The van der Waals surface area contributed by atoms with Crippen molar-refractivity contribution in [3.8, 4) is 0 Å². The molecule has 0 spiro atoms. The van der Waals surface area contributed by atoms with E-state index in [2.05, 4.69) is 11.8 Å². The van der Waals surface area contributed by atoms with E-state index in [1.54, 1.807) is 4.31 Å². The Hall–Kier alpha value is -0.170. The van der Waals surface area contributed by atoms with Gasteiger partial charge in [-0.1, -0.05) is 20.3 Å². The van der Waals surface area contributed by atoms with Gasteiger partial charge in [0.1, 0.15) is 0 Å². The summed E-state index contributed by atoms with van der Waals surface area (Å²) in [7, 11) is -3.05. The zero-order valence-corrected chi connectivity index (χ0v) is 15.0. The van der Waals surface area contributed by atoms with Crippen LogP contribution in [0.5, 0.6) is 0 Å². The molecule has 0 aliphatic carbocycles. The van der Waals surface area contributed by atoms with Gasteiger partial charge < -0.3 is 4.74 Å². The van der Waals surface area contributed by atoms with Gasteiger partial charge in [0.05, 0.1) is 19.0 Å². The standard InChI is InChI=1S/C16H32N2O3S/c1-3-15(2)14-22(19,20)18-8-5-16(6-9-18)4-7-17-10-12-21-13-11-17/h15-16H,3-14H2,1-2H3/t15-/m0/s1. The topological polar surface area (TPSA) is 49.9 Å². The first-order valence-corrected chi connectivity index (χ1v) is 10.4. The predicted molar refractivity (Wildman–Crippen MR) is 89.4 cm³/mol. The van der Waals surface area contributed by atoms with Crippen LogP contribution in [0.1, 0.15) is 39.5 Å². The molecule has 0 aromatic rings. The van der Waals surface area contributed by atoms with Crippen molar-refractivity contribution in [3.05, 3.63) is 0 Å². The molecule has 6 heteroatoms. The largest absolute Gasteiger partial charge is 0.379 e. The summed E-state index contributed by atoms with van der Waals surface area (Å²) in [6.07, 6.45) is 4.16. The number of hydrogen-bond donors (Lipinski definition) is 0. The van der Waals surface area contributed by atoms with Gasteiger partial charge in [-0.2, -0.15) is 0 Å². The molecular weight excluding hydrogens is 300 g/mol. The third kappa shape index (κ3) is 5.48. The maximum Gasteiger partial charge on any atom is 0.214 e. The summed E-state index contributed by atoms with van der Waals surface area (Å²) >= 11 is 0. The SMILES string of the molecule is CC[C@H](C)CS(=O)(=O)N1CCC(CCN2CCOCC2)CC1. The van der Waals surface area contributed by atoms with Crippen molar-refractivity contribution >= 4 is 10.0 Å². The number of nitrogens with zero attached hydrogens (tertiary/aromatic N) is 2. The van der Waals surface area contributed by atoms with Crippen molar-refractivity contribution in [2.24, 2.45) is 11.8 Å². The first kappa shape index (κ1) is 18.2. The van der Waals surface area contributed by atoms with E-state index in [0.717, 1.165) is 52.1 Å². The summed E-state index contributed by atoms with van der Waals surface area (Å²) in [6.45, 7) is 10.4. The fourth-order valence-electron chi connectivity index (χ4n) is 3.25. The minimum Gasteiger partial charge on any atom is -0.379 e. The van der Waals surface area contributed by atoms with E-state index >= 15 is 0 Å². The van der Waals surface area contributed by atoms with Crippen LogP contribution in [0, 0.1) is 11.8 Å². The molecule has 2 rings (SSSR count). The average molecular weight is 333 g/mol. The maximum atomic E-state index is 12.4. The van der Waals surface area contributed by atoms with E-state index in [-0.39, 0.29) is 5.92 Å². The molecule has 0 N–H and O–H groups in total. The third-order valence-electron chi connectivity index (χ3n) is 5.12. The minimum absolute atomic E-state index is 0.254. The molecule has 0 saturated carbocycles. The highest BCUT2D eigenvalue weighted by atomic mass is 32.2. The summed E-state index contributed by atoms with van der Waals surface area (Å²) in [5, 5.41) is 0. The van der Waals surface area contributed by atoms with Crippen LogP contribution in [0.3, 0.4) is 0 Å². The van der Waals surface area contributed by atoms with Crippen molar-refractivity contribution < 1.29 is 13.2 Å². The number of ether oxygens (including phenoxy) is 1. The molecule has 0 aromatic heterocycles. The van der Waals surface area contributed by atoms with Gasteiger partial charge in [-0.3, -0.25) is 4.90 Å². The molecule has 5 nitrogen and oxygen atoms in total. The summed E-state index contributed by atoms with van der Waals surface area (Å²) in [4.78, 5) is 2.47. The van der Waals surface area contributed by atoms with E-state index in [1.807, 2.05) is 6.92 Å². The Labute approximate surface area is 136 Å². The highest BCUT2D eigenvalue weighted by molar-refractivity contribution is 7.89. The van der Waals surface area contributed by atoms with E-state index in [0.29, 0.717) is 24.8 Å². The van der Waals surface area contributed by atoms with Crippen LogP contribution in [0.15, 0.2) is 0 Å². The van der Waals surface area contributed by atoms with Crippen molar-refractivity contribution in [3.63, 3.8) is 0 Å². The van der Waals surface area contributed by atoms with E-state index in [4.69, 9.17) is 4.74 Å². The fourth-order valence-corrected chi connectivity index (χ4v) is 5.18. The molecular formula is C16H32N2O3S. The van der Waals surface area contributed by atoms with Crippen LogP contribution in [0.4, 0.5) is 0 Å². The lowest BCUT2D eigenvalue weighted by atomic mass is 9.94. The number of hydrogen-bond acceptors (Lipinski definition) is 4. The van der Waals surface area contributed by atoms with Crippen molar-refractivity contribution in [1.82, 2.24) is 9.21 Å². The Bertz CT molecular complexity index is 413. The Kier molecular flexibility index (Phi) is 7.12. The maximum absolute atomic E-state index is 12.4. The molecule has 2 aliphatic rings. The molecule has 2 heterocycles. The minimum atomic E-state index is -3.05. The molecule has 22 heavy (non-hydrogen) atoms. The summed E-state index contributed by atoms with van der Waals surface area (Å²) < 4.78 is 31.8. The number of sulfonamides is 1. The molecule has 0 unspecified atom stereocenters. The number of piperidine rings is 1. The monoisotopic (exact) mass is 332 g/mol. The van der Waals surface area contributed by atoms with Crippen LogP contribution in [-0.2, 0) is 14.8 Å². The average Bonchev–Trinajstić information content (AvgIpc) is 2.54. The second-order valence-corrected chi connectivity index (χ2v) is 8.89. The molecule has 0 bridgehead atoms. The third-order valence-corrected chi connectivity index (χ3v) is 7.26. The van der Waals surface area contributed by atoms with Crippen LogP contribution in [0.25, 0.3) is 0 Å². The van der Waals surface area contributed by atoms with Gasteiger partial charge in [0.2, 0.25) is 10.0 Å². The molecule has 0 radical (unpaired) electrons. The molecule has 0 amide bonds. The lowest BCUT2D eigenvalue weighted by Gasteiger charge is -2.33. The second kappa shape index (κ2) is 8.62. The van der Waals surface area contributed by atoms with Crippen LogP contribution in [-0.4, -0.2) is 69.3 Å². The normalized spacial score (nSPS) is 24.5. The van der Waals surface area contributed by atoms with Gasteiger partial charge in [0.25, 0.3) is 0 Å². The first-order valence-electron chi connectivity index (χ1n) is 8.79. The predicted octanol–water partition coefficient (Wildman–Crippen LogP) is 1.80. The highest BCUT2D eigenvalue weighted by Crippen LogP contribution is 2.24. The zero-order valence-electron chi connectivity index (χ0n) is 14.2. The van der Waals surface area contributed by atoms with E-state index < -0.39 is 10.0 Å². The van der Waals surface area contributed by atoms with Crippen LogP contribution in [0.2, 0.25) is 0 Å². The van der Waals surface area contributed by atoms with Crippen LogP contribution >= 0.6 is 0 Å². The quantitative estimate of drug-likeness (QED) is 0.713. The fraction of sp³-hybridized carbons (Fsp3) is 1.00. The lowest BCUT2D eigenvalue weighted by molar-refractivity contribution is 0.0343. The Morgan fingerprint density at radius 3 is 2.36 bits per heavy atom. The van der Waals surface area contributed by atoms with Gasteiger partial charge in [-0.05, 0) is 37.6 Å². The van der Waals surface area contributed by atoms with Crippen LogP contribution < -0.4 is 0 Å². The van der Waals surface area contributed by atoms with Crippen molar-refractivity contribution in [2.45, 2.75) is 39.5 Å². The smallest absolute Gasteiger partial charge is 0.214 e. The highest BCUT2D eigenvalue weighted by Gasteiger charge is 2.29. The van der Waals surface area contributed by atoms with Gasteiger partial charge >= 0.3 is 0 Å². The van der Waals surface area contributed by atoms with Gasteiger partial charge in [-0.25, -0.2) is 12.7 Å². The lowest BCUT2D eigenvalue weighted by Crippen LogP contribution is -2.42. The van der Waals surface area contributed by atoms with E-state index in [9.17, 15) is 8.42 Å². The van der Waals surface area contributed by atoms with E-state index in [1.165, 1.54) is 6.42 Å². The first-order chi connectivity index (χ1) is 10.5. The van der Waals surface area contributed by atoms with Gasteiger partial charge in [-0.15, -0.1) is 0 Å². The number of rotatable bonds is 7. The molecule has 0 aromatic carbocycles. The molecule has 2 saturated heterocycles. The van der Waals surface area contributed by atoms with Gasteiger partial charge in [0.15, 0.2) is 0 Å². The zero-order chi connectivity index (χ0) is 16.0. The van der Waals surface area contributed by atoms with Gasteiger partial charge in [0, 0.05) is 26.2 Å². The Morgan fingerprint density at radius 2 is 1.77 bits per heavy atom. The van der Waals surface area contributed by atoms with Crippen molar-refractivity contribution in [2.75, 3.05) is 51.7 Å². The summed E-state index contributed by atoms with van der Waals surface area (Å²) in [5.41, 5.74) is 0. The molecule has 1 atom stereocenters. The number of morpholine rings is 1. The molecule has 2 aliphatic heterocycles. The summed E-state index contributed by atoms with van der Waals surface area (Å²) in [5.74, 6) is 1.24. The molecule has 2 fully saturated rings.